The van der Waals surface area contributed by atoms with Gasteiger partial charge in [0.25, 0.3) is 0 Å². The molecule has 0 aliphatic carbocycles. The summed E-state index contributed by atoms with van der Waals surface area (Å²) >= 11 is 5.84. The molecule has 0 radical (unpaired) electrons. The van der Waals surface area contributed by atoms with Crippen molar-refractivity contribution in [2.75, 3.05) is 0 Å². The molecule has 0 bridgehead atoms. The maximum Gasteiger partial charge on any atom is 0.0406 e. The van der Waals surface area contributed by atoms with Crippen molar-refractivity contribution in [3.05, 3.63) is 34.9 Å². The largest absolute Gasteiger partial charge is 0.0843 e. The Kier molecular flexibility index (Phi) is 3.02. The Labute approximate surface area is 85.9 Å². The standard InChI is InChI=1S/C12H17Cl/c1-9(2)12(3,4)10-5-7-11(13)8-6-10/h5-9H,1-4H3. The van der Waals surface area contributed by atoms with E-state index < -0.39 is 0 Å². The fraction of sp³-hybridized carbons (Fsp3) is 0.500. The van der Waals surface area contributed by atoms with E-state index in [1.54, 1.807) is 0 Å². The molecule has 1 rings (SSSR count). The fourth-order valence-electron chi connectivity index (χ4n) is 1.21. The molecule has 0 unspecified atom stereocenters. The highest BCUT2D eigenvalue weighted by molar-refractivity contribution is 6.30. The van der Waals surface area contributed by atoms with Crippen molar-refractivity contribution in [2.45, 2.75) is 33.1 Å². The zero-order chi connectivity index (χ0) is 10.1. The van der Waals surface area contributed by atoms with Gasteiger partial charge in [-0.3, -0.25) is 0 Å². The summed E-state index contributed by atoms with van der Waals surface area (Å²) in [6.07, 6.45) is 0. The van der Waals surface area contributed by atoms with Crippen LogP contribution in [0.25, 0.3) is 0 Å². The average molecular weight is 197 g/mol. The van der Waals surface area contributed by atoms with E-state index in [1.807, 2.05) is 12.1 Å². The molecule has 0 saturated carbocycles. The smallest absolute Gasteiger partial charge is 0.0406 e. The average Bonchev–Trinajstić information content (AvgIpc) is 2.04. The molecule has 0 heterocycles. The molecule has 0 aliphatic rings. The predicted octanol–water partition coefficient (Wildman–Crippen LogP) is 4.27. The number of rotatable bonds is 2. The van der Waals surface area contributed by atoms with Crippen LogP contribution < -0.4 is 0 Å². The molecule has 1 aromatic rings. The van der Waals surface area contributed by atoms with Crippen LogP contribution in [0.2, 0.25) is 5.02 Å². The summed E-state index contributed by atoms with van der Waals surface area (Å²) in [5, 5.41) is 0.809. The second-order valence-electron chi connectivity index (χ2n) is 4.38. The quantitative estimate of drug-likeness (QED) is 0.663. The molecule has 0 fully saturated rings. The van der Waals surface area contributed by atoms with Crippen LogP contribution in [0, 0.1) is 5.92 Å². The van der Waals surface area contributed by atoms with E-state index in [0.29, 0.717) is 5.92 Å². The molecule has 0 saturated heterocycles. The van der Waals surface area contributed by atoms with Gasteiger partial charge in [-0.25, -0.2) is 0 Å². The molecule has 0 N–H and O–H groups in total. The van der Waals surface area contributed by atoms with Crippen molar-refractivity contribution in [1.82, 2.24) is 0 Å². The number of benzene rings is 1. The van der Waals surface area contributed by atoms with Crippen LogP contribution in [0.4, 0.5) is 0 Å². The highest BCUT2D eigenvalue weighted by atomic mass is 35.5. The van der Waals surface area contributed by atoms with Crippen LogP contribution in [0.3, 0.4) is 0 Å². The molecule has 72 valence electrons. The van der Waals surface area contributed by atoms with E-state index in [1.165, 1.54) is 5.56 Å². The molecule has 0 aliphatic heterocycles. The summed E-state index contributed by atoms with van der Waals surface area (Å²) in [5.74, 6) is 0.633. The molecule has 0 aromatic heterocycles. The maximum atomic E-state index is 5.84. The van der Waals surface area contributed by atoms with E-state index in [9.17, 15) is 0 Å². The third-order valence-electron chi connectivity index (χ3n) is 3.03. The predicted molar refractivity (Wildman–Crippen MR) is 59.3 cm³/mol. The first-order valence-corrected chi connectivity index (χ1v) is 5.08. The molecule has 0 spiro atoms. The lowest BCUT2D eigenvalue weighted by atomic mass is 9.75. The van der Waals surface area contributed by atoms with Gasteiger partial charge >= 0.3 is 0 Å². The van der Waals surface area contributed by atoms with E-state index >= 15 is 0 Å². The lowest BCUT2D eigenvalue weighted by molar-refractivity contribution is 0.372. The summed E-state index contributed by atoms with van der Waals surface area (Å²) < 4.78 is 0. The monoisotopic (exact) mass is 196 g/mol. The van der Waals surface area contributed by atoms with Crippen molar-refractivity contribution in [3.8, 4) is 0 Å². The third kappa shape index (κ3) is 2.25. The molecule has 0 atom stereocenters. The zero-order valence-electron chi connectivity index (χ0n) is 8.76. The lowest BCUT2D eigenvalue weighted by Gasteiger charge is -2.29. The first-order chi connectivity index (χ1) is 5.94. The van der Waals surface area contributed by atoms with Gasteiger partial charge < -0.3 is 0 Å². The van der Waals surface area contributed by atoms with Crippen LogP contribution in [0.1, 0.15) is 33.3 Å². The van der Waals surface area contributed by atoms with Crippen molar-refractivity contribution in [2.24, 2.45) is 5.92 Å². The Bertz CT molecular complexity index is 270. The Balaban J connectivity index is 3.01. The van der Waals surface area contributed by atoms with Gasteiger partial charge in [0.1, 0.15) is 0 Å². The summed E-state index contributed by atoms with van der Waals surface area (Å²) in [6.45, 7) is 9.02. The van der Waals surface area contributed by atoms with Crippen LogP contribution in [-0.4, -0.2) is 0 Å². The van der Waals surface area contributed by atoms with Gasteiger partial charge in [-0.1, -0.05) is 51.4 Å². The van der Waals surface area contributed by atoms with Crippen molar-refractivity contribution < 1.29 is 0 Å². The molecular weight excluding hydrogens is 180 g/mol. The summed E-state index contributed by atoms with van der Waals surface area (Å²) in [4.78, 5) is 0. The van der Waals surface area contributed by atoms with Crippen molar-refractivity contribution in [1.29, 1.82) is 0 Å². The van der Waals surface area contributed by atoms with E-state index in [-0.39, 0.29) is 5.41 Å². The molecule has 1 heteroatoms. The van der Waals surface area contributed by atoms with Gasteiger partial charge in [-0.2, -0.15) is 0 Å². The van der Waals surface area contributed by atoms with Gasteiger partial charge in [0.2, 0.25) is 0 Å². The fourth-order valence-corrected chi connectivity index (χ4v) is 1.34. The van der Waals surface area contributed by atoms with Crippen LogP contribution in [0.15, 0.2) is 24.3 Å². The van der Waals surface area contributed by atoms with Gasteiger partial charge in [0, 0.05) is 5.02 Å². The Morgan fingerprint density at radius 3 is 1.92 bits per heavy atom. The summed E-state index contributed by atoms with van der Waals surface area (Å²) in [6, 6.07) is 8.15. The zero-order valence-corrected chi connectivity index (χ0v) is 9.52. The van der Waals surface area contributed by atoms with Crippen molar-refractivity contribution in [3.63, 3.8) is 0 Å². The molecule has 0 amide bonds. The second kappa shape index (κ2) is 3.71. The minimum Gasteiger partial charge on any atom is -0.0843 e. The van der Waals surface area contributed by atoms with Crippen LogP contribution in [-0.2, 0) is 5.41 Å². The van der Waals surface area contributed by atoms with E-state index in [2.05, 4.69) is 39.8 Å². The van der Waals surface area contributed by atoms with Gasteiger partial charge in [-0.05, 0) is 29.0 Å². The van der Waals surface area contributed by atoms with Gasteiger partial charge in [0.15, 0.2) is 0 Å². The summed E-state index contributed by atoms with van der Waals surface area (Å²) in [5.41, 5.74) is 1.58. The molecular formula is C12H17Cl. The van der Waals surface area contributed by atoms with Gasteiger partial charge in [0.05, 0.1) is 0 Å². The Morgan fingerprint density at radius 2 is 1.54 bits per heavy atom. The molecule has 13 heavy (non-hydrogen) atoms. The third-order valence-corrected chi connectivity index (χ3v) is 3.28. The first kappa shape index (κ1) is 10.6. The first-order valence-electron chi connectivity index (χ1n) is 4.70. The van der Waals surface area contributed by atoms with Crippen LogP contribution >= 0.6 is 11.6 Å². The minimum absolute atomic E-state index is 0.227. The van der Waals surface area contributed by atoms with Crippen molar-refractivity contribution >= 4 is 11.6 Å². The van der Waals surface area contributed by atoms with E-state index in [4.69, 9.17) is 11.6 Å². The van der Waals surface area contributed by atoms with Gasteiger partial charge in [-0.15, -0.1) is 0 Å². The van der Waals surface area contributed by atoms with E-state index in [0.717, 1.165) is 5.02 Å². The highest BCUT2D eigenvalue weighted by Gasteiger charge is 2.24. The number of halogens is 1. The SMILES string of the molecule is CC(C)C(C)(C)c1ccc(Cl)cc1. The maximum absolute atomic E-state index is 5.84. The lowest BCUT2D eigenvalue weighted by Crippen LogP contribution is -2.24. The Hall–Kier alpha value is -0.490. The highest BCUT2D eigenvalue weighted by Crippen LogP contribution is 2.31. The Morgan fingerprint density at radius 1 is 1.08 bits per heavy atom. The summed E-state index contributed by atoms with van der Waals surface area (Å²) in [7, 11) is 0. The topological polar surface area (TPSA) is 0 Å². The molecule has 0 nitrogen and oxygen atoms in total. The normalized spacial score (nSPS) is 12.2. The second-order valence-corrected chi connectivity index (χ2v) is 4.82. The van der Waals surface area contributed by atoms with Crippen LogP contribution in [0.5, 0.6) is 0 Å². The number of hydrogen-bond donors (Lipinski definition) is 0. The minimum atomic E-state index is 0.227. The number of hydrogen-bond acceptors (Lipinski definition) is 0. The molecule has 1 aromatic carbocycles.